The molecular weight excluding hydrogens is 348 g/mol. The number of anilines is 5. The van der Waals surface area contributed by atoms with Crippen molar-refractivity contribution in [1.82, 2.24) is 9.97 Å². The molecule has 0 aliphatic rings. The van der Waals surface area contributed by atoms with Gasteiger partial charge in [0.2, 0.25) is 0 Å². The average Bonchev–Trinajstić information content (AvgIpc) is 2.67. The van der Waals surface area contributed by atoms with Crippen LogP contribution in [0.5, 0.6) is 0 Å². The zero-order valence-electron chi connectivity index (χ0n) is 15.2. The fourth-order valence-corrected chi connectivity index (χ4v) is 2.72. The van der Waals surface area contributed by atoms with Crippen molar-refractivity contribution in [3.8, 4) is 0 Å². The number of benzene rings is 2. The van der Waals surface area contributed by atoms with Gasteiger partial charge in [0.05, 0.1) is 5.69 Å². The Hall–Kier alpha value is -3.22. The van der Waals surface area contributed by atoms with Gasteiger partial charge in [-0.05, 0) is 50.2 Å². The topological polar surface area (TPSA) is 53.1 Å². The molecule has 0 amide bonds. The van der Waals surface area contributed by atoms with Gasteiger partial charge in [0.15, 0.2) is 0 Å². The fourth-order valence-electron chi connectivity index (χ4n) is 2.72. The second-order valence-corrected chi connectivity index (χ2v) is 5.88. The van der Waals surface area contributed by atoms with E-state index in [1.165, 1.54) is 18.5 Å². The van der Waals surface area contributed by atoms with Gasteiger partial charge in [-0.3, -0.25) is 0 Å². The zero-order valence-corrected chi connectivity index (χ0v) is 15.2. The highest BCUT2D eigenvalue weighted by Crippen LogP contribution is 2.23. The summed E-state index contributed by atoms with van der Waals surface area (Å²) in [5, 5.41) is 6.02. The molecule has 3 aromatic rings. The van der Waals surface area contributed by atoms with Crippen LogP contribution in [0.3, 0.4) is 0 Å². The van der Waals surface area contributed by atoms with E-state index in [-0.39, 0.29) is 5.69 Å². The van der Waals surface area contributed by atoms with Crippen molar-refractivity contribution in [2.24, 2.45) is 0 Å². The summed E-state index contributed by atoms with van der Waals surface area (Å²) in [5.74, 6) is -0.352. The van der Waals surface area contributed by atoms with E-state index in [2.05, 4.69) is 39.3 Å². The molecule has 0 fully saturated rings. The van der Waals surface area contributed by atoms with Crippen LogP contribution in [-0.2, 0) is 0 Å². The molecule has 27 heavy (non-hydrogen) atoms. The van der Waals surface area contributed by atoms with Gasteiger partial charge in [-0.2, -0.15) is 0 Å². The Kier molecular flexibility index (Phi) is 5.80. The molecule has 5 nitrogen and oxygen atoms in total. The van der Waals surface area contributed by atoms with Gasteiger partial charge >= 0.3 is 0 Å². The normalized spacial score (nSPS) is 10.5. The third kappa shape index (κ3) is 4.69. The molecule has 0 bridgehead atoms. The molecule has 1 heterocycles. The molecule has 0 saturated heterocycles. The zero-order chi connectivity index (χ0) is 19.2. The van der Waals surface area contributed by atoms with Crippen molar-refractivity contribution in [2.75, 3.05) is 28.6 Å². The van der Waals surface area contributed by atoms with Crippen LogP contribution in [0.15, 0.2) is 54.9 Å². The largest absolute Gasteiger partial charge is 0.372 e. The van der Waals surface area contributed by atoms with Crippen LogP contribution in [0, 0.1) is 11.6 Å². The van der Waals surface area contributed by atoms with E-state index in [9.17, 15) is 8.78 Å². The molecule has 0 unspecified atom stereocenters. The lowest BCUT2D eigenvalue weighted by Gasteiger charge is -2.21. The van der Waals surface area contributed by atoms with E-state index in [1.54, 1.807) is 6.07 Å². The van der Waals surface area contributed by atoms with E-state index in [1.807, 2.05) is 24.3 Å². The minimum Gasteiger partial charge on any atom is -0.372 e. The van der Waals surface area contributed by atoms with Crippen molar-refractivity contribution < 1.29 is 8.78 Å². The third-order valence-corrected chi connectivity index (χ3v) is 4.13. The first-order valence-corrected chi connectivity index (χ1v) is 8.75. The van der Waals surface area contributed by atoms with Gasteiger partial charge < -0.3 is 15.5 Å². The summed E-state index contributed by atoms with van der Waals surface area (Å²) >= 11 is 0. The maximum absolute atomic E-state index is 13.8. The molecule has 0 atom stereocenters. The van der Waals surface area contributed by atoms with Crippen LogP contribution in [0.2, 0.25) is 0 Å². The first kappa shape index (κ1) is 18.6. The van der Waals surface area contributed by atoms with E-state index >= 15 is 0 Å². The number of nitrogens with one attached hydrogen (secondary N) is 2. The Morgan fingerprint density at radius 2 is 1.52 bits per heavy atom. The summed E-state index contributed by atoms with van der Waals surface area (Å²) < 4.78 is 26.8. The van der Waals surface area contributed by atoms with E-state index in [0.29, 0.717) is 11.6 Å². The molecule has 1 aromatic heterocycles. The molecule has 7 heteroatoms. The van der Waals surface area contributed by atoms with Gasteiger partial charge in [-0.15, -0.1) is 0 Å². The Morgan fingerprint density at radius 1 is 0.852 bits per heavy atom. The number of nitrogens with zero attached hydrogens (tertiary/aromatic N) is 3. The second kappa shape index (κ2) is 8.44. The number of halogens is 2. The lowest BCUT2D eigenvalue weighted by molar-refractivity contribution is 0.586. The van der Waals surface area contributed by atoms with E-state index in [0.717, 1.165) is 30.5 Å². The predicted octanol–water partition coefficient (Wildman–Crippen LogP) is 5.09. The number of aromatic nitrogens is 2. The summed E-state index contributed by atoms with van der Waals surface area (Å²) in [6, 6.07) is 13.0. The van der Waals surface area contributed by atoms with Crippen molar-refractivity contribution in [3.05, 3.63) is 66.5 Å². The van der Waals surface area contributed by atoms with Crippen LogP contribution in [0.4, 0.5) is 37.5 Å². The van der Waals surface area contributed by atoms with Crippen LogP contribution in [0.1, 0.15) is 13.8 Å². The third-order valence-electron chi connectivity index (χ3n) is 4.13. The number of hydrogen-bond acceptors (Lipinski definition) is 5. The van der Waals surface area contributed by atoms with Gasteiger partial charge in [0.25, 0.3) is 0 Å². The highest BCUT2D eigenvalue weighted by Gasteiger charge is 2.06. The average molecular weight is 369 g/mol. The Balaban J connectivity index is 1.72. The van der Waals surface area contributed by atoms with E-state index in [4.69, 9.17) is 0 Å². The highest BCUT2D eigenvalue weighted by molar-refractivity contribution is 5.64. The van der Waals surface area contributed by atoms with Crippen LogP contribution < -0.4 is 15.5 Å². The summed E-state index contributed by atoms with van der Waals surface area (Å²) in [6.07, 6.45) is 1.37. The van der Waals surface area contributed by atoms with Crippen LogP contribution >= 0.6 is 0 Å². The highest BCUT2D eigenvalue weighted by atomic mass is 19.1. The summed E-state index contributed by atoms with van der Waals surface area (Å²) in [5.41, 5.74) is 2.18. The van der Waals surface area contributed by atoms with Crippen molar-refractivity contribution in [2.45, 2.75) is 13.8 Å². The minimum absolute atomic E-state index is 0.143. The summed E-state index contributed by atoms with van der Waals surface area (Å²) in [6.45, 7) is 6.14. The van der Waals surface area contributed by atoms with Gasteiger partial charge in [0.1, 0.15) is 29.6 Å². The number of rotatable bonds is 7. The van der Waals surface area contributed by atoms with Crippen molar-refractivity contribution in [3.63, 3.8) is 0 Å². The first-order valence-electron chi connectivity index (χ1n) is 8.75. The summed E-state index contributed by atoms with van der Waals surface area (Å²) in [7, 11) is 0. The summed E-state index contributed by atoms with van der Waals surface area (Å²) in [4.78, 5) is 10.5. The molecular formula is C20H21F2N5. The lowest BCUT2D eigenvalue weighted by atomic mass is 10.2. The van der Waals surface area contributed by atoms with Crippen LogP contribution in [-0.4, -0.2) is 23.1 Å². The molecule has 0 radical (unpaired) electrons. The molecule has 0 spiro atoms. The standard InChI is InChI=1S/C20H21F2N5/c1-3-27(4-2)16-8-6-15(7-9-16)25-19-12-20(24-13-23-19)26-18-10-5-14(21)11-17(18)22/h5-13H,3-4H2,1-2H3,(H2,23,24,25,26). The predicted molar refractivity (Wildman–Crippen MR) is 105 cm³/mol. The fraction of sp³-hybridized carbons (Fsp3) is 0.200. The maximum Gasteiger partial charge on any atom is 0.149 e. The smallest absolute Gasteiger partial charge is 0.149 e. The maximum atomic E-state index is 13.8. The SMILES string of the molecule is CCN(CC)c1ccc(Nc2cc(Nc3ccc(F)cc3F)ncn2)cc1. The van der Waals surface area contributed by atoms with Crippen LogP contribution in [0.25, 0.3) is 0 Å². The molecule has 2 N–H and O–H groups in total. The molecule has 3 rings (SSSR count). The van der Waals surface area contributed by atoms with Gasteiger partial charge in [-0.1, -0.05) is 0 Å². The quantitative estimate of drug-likeness (QED) is 0.608. The Bertz CT molecular complexity index is 895. The molecule has 0 saturated carbocycles. The van der Waals surface area contributed by atoms with E-state index < -0.39 is 11.6 Å². The monoisotopic (exact) mass is 369 g/mol. The van der Waals surface area contributed by atoms with Crippen molar-refractivity contribution in [1.29, 1.82) is 0 Å². The minimum atomic E-state index is -0.685. The Morgan fingerprint density at radius 3 is 2.15 bits per heavy atom. The number of hydrogen-bond donors (Lipinski definition) is 2. The van der Waals surface area contributed by atoms with Gasteiger partial charge in [-0.25, -0.2) is 18.7 Å². The molecule has 140 valence electrons. The Labute approximate surface area is 157 Å². The van der Waals surface area contributed by atoms with Crippen molar-refractivity contribution >= 4 is 28.7 Å². The molecule has 0 aliphatic carbocycles. The second-order valence-electron chi connectivity index (χ2n) is 5.88. The first-order chi connectivity index (χ1) is 13.1. The molecule has 0 aliphatic heterocycles. The lowest BCUT2D eigenvalue weighted by Crippen LogP contribution is -2.21. The molecule has 2 aromatic carbocycles. The van der Waals surface area contributed by atoms with Gasteiger partial charge in [0, 0.05) is 36.6 Å².